The van der Waals surface area contributed by atoms with Crippen LogP contribution in [-0.2, 0) is 20.7 Å². The summed E-state index contributed by atoms with van der Waals surface area (Å²) in [4.78, 5) is 33.9. The number of aldehydes is 1. The van der Waals surface area contributed by atoms with Crippen LogP contribution in [0.1, 0.15) is 15.9 Å². The van der Waals surface area contributed by atoms with E-state index < -0.39 is 18.5 Å². The Morgan fingerprint density at radius 1 is 1.04 bits per heavy atom. The van der Waals surface area contributed by atoms with Gasteiger partial charge >= 0.3 is 5.97 Å². The van der Waals surface area contributed by atoms with E-state index in [1.54, 1.807) is 42.5 Å². The van der Waals surface area contributed by atoms with E-state index >= 15 is 0 Å². The quantitative estimate of drug-likeness (QED) is 0.508. The summed E-state index contributed by atoms with van der Waals surface area (Å²) < 4.78 is 10.1. The van der Waals surface area contributed by atoms with Gasteiger partial charge in [0.25, 0.3) is 5.91 Å². The van der Waals surface area contributed by atoms with E-state index in [4.69, 9.17) is 32.7 Å². The van der Waals surface area contributed by atoms with E-state index in [0.717, 1.165) is 5.56 Å². The molecule has 8 heteroatoms. The van der Waals surface area contributed by atoms with E-state index in [0.29, 0.717) is 40.6 Å². The lowest BCUT2D eigenvalue weighted by Crippen LogP contribution is -2.31. The van der Waals surface area contributed by atoms with Crippen molar-refractivity contribution < 1.29 is 23.9 Å². The molecular formula is C19H17Cl2NO5. The van der Waals surface area contributed by atoms with Gasteiger partial charge in [-0.25, -0.2) is 4.79 Å². The first-order valence-corrected chi connectivity index (χ1v) is 8.78. The van der Waals surface area contributed by atoms with Gasteiger partial charge in [0, 0.05) is 22.2 Å². The third kappa shape index (κ3) is 7.29. The number of esters is 1. The molecule has 2 aromatic carbocycles. The van der Waals surface area contributed by atoms with Gasteiger partial charge in [0.15, 0.2) is 13.2 Å². The van der Waals surface area contributed by atoms with E-state index in [9.17, 15) is 14.4 Å². The van der Waals surface area contributed by atoms with Gasteiger partial charge in [0.2, 0.25) is 0 Å². The highest BCUT2D eigenvalue weighted by Gasteiger charge is 2.09. The molecule has 2 aromatic rings. The molecule has 0 aliphatic heterocycles. The number of carbonyl (C=O) groups excluding carboxylic acids is 3. The molecule has 0 aromatic heterocycles. The predicted molar refractivity (Wildman–Crippen MR) is 101 cm³/mol. The lowest BCUT2D eigenvalue weighted by molar-refractivity contribution is -0.150. The van der Waals surface area contributed by atoms with Crippen LogP contribution in [0.2, 0.25) is 10.0 Å². The minimum absolute atomic E-state index is 0.339. The number of halogens is 2. The van der Waals surface area contributed by atoms with Crippen LogP contribution in [0.3, 0.4) is 0 Å². The van der Waals surface area contributed by atoms with Gasteiger partial charge in [-0.2, -0.15) is 0 Å². The van der Waals surface area contributed by atoms with E-state index in [1.165, 1.54) is 0 Å². The van der Waals surface area contributed by atoms with Crippen molar-refractivity contribution in [3.63, 3.8) is 0 Å². The van der Waals surface area contributed by atoms with Gasteiger partial charge in [-0.3, -0.25) is 9.59 Å². The van der Waals surface area contributed by atoms with Crippen molar-refractivity contribution in [1.29, 1.82) is 0 Å². The summed E-state index contributed by atoms with van der Waals surface area (Å²) in [6.07, 6.45) is 1.23. The van der Waals surface area contributed by atoms with Gasteiger partial charge in [0.1, 0.15) is 12.0 Å². The maximum absolute atomic E-state index is 11.7. The third-order valence-electron chi connectivity index (χ3n) is 3.47. The van der Waals surface area contributed by atoms with Crippen molar-refractivity contribution in [2.75, 3.05) is 19.8 Å². The number of hydrogen-bond donors (Lipinski definition) is 1. The van der Waals surface area contributed by atoms with Gasteiger partial charge in [-0.1, -0.05) is 29.3 Å². The molecule has 2 rings (SSSR count). The van der Waals surface area contributed by atoms with Crippen LogP contribution < -0.4 is 10.1 Å². The number of ether oxygens (including phenoxy) is 2. The SMILES string of the molecule is O=Cc1ccc(OCC(=O)OCC(=O)NCCc2ccc(Cl)cc2Cl)cc1. The van der Waals surface area contributed by atoms with Crippen LogP contribution in [-0.4, -0.2) is 37.9 Å². The molecule has 0 radical (unpaired) electrons. The standard InChI is InChI=1S/C19H17Cl2NO5/c20-15-4-3-14(17(21)9-15)7-8-22-18(24)11-27-19(25)12-26-16-5-1-13(10-23)2-6-16/h1-6,9-10H,7-8,11-12H2,(H,22,24). The predicted octanol–water partition coefficient (Wildman–Crippen LogP) is 3.09. The summed E-state index contributed by atoms with van der Waals surface area (Å²) in [7, 11) is 0. The van der Waals surface area contributed by atoms with Crippen molar-refractivity contribution in [3.05, 3.63) is 63.6 Å². The minimum atomic E-state index is -0.676. The molecule has 0 bridgehead atoms. The summed E-state index contributed by atoms with van der Waals surface area (Å²) >= 11 is 11.9. The van der Waals surface area contributed by atoms with Crippen LogP contribution in [0.25, 0.3) is 0 Å². The first-order chi connectivity index (χ1) is 13.0. The topological polar surface area (TPSA) is 81.7 Å². The van der Waals surface area contributed by atoms with E-state index in [1.807, 2.05) is 0 Å². The third-order valence-corrected chi connectivity index (χ3v) is 4.06. The Morgan fingerprint density at radius 2 is 1.78 bits per heavy atom. The van der Waals surface area contributed by atoms with Crippen LogP contribution >= 0.6 is 23.2 Å². The molecule has 0 spiro atoms. The van der Waals surface area contributed by atoms with Crippen LogP contribution in [0, 0.1) is 0 Å². The zero-order valence-electron chi connectivity index (χ0n) is 14.2. The van der Waals surface area contributed by atoms with Crippen LogP contribution in [0.5, 0.6) is 5.75 Å². The number of rotatable bonds is 9. The van der Waals surface area contributed by atoms with Crippen LogP contribution in [0.4, 0.5) is 0 Å². The molecule has 27 heavy (non-hydrogen) atoms. The lowest BCUT2D eigenvalue weighted by atomic mass is 10.1. The Kier molecular flexibility index (Phi) is 8.10. The highest BCUT2D eigenvalue weighted by Crippen LogP contribution is 2.21. The zero-order chi connectivity index (χ0) is 19.6. The molecule has 0 heterocycles. The second kappa shape index (κ2) is 10.5. The summed E-state index contributed by atoms with van der Waals surface area (Å²) in [5, 5.41) is 3.71. The summed E-state index contributed by atoms with van der Waals surface area (Å²) in [6.45, 7) is -0.397. The number of hydrogen-bond acceptors (Lipinski definition) is 5. The normalized spacial score (nSPS) is 10.1. The summed E-state index contributed by atoms with van der Waals surface area (Å²) in [5.41, 5.74) is 1.36. The Balaban J connectivity index is 1.64. The minimum Gasteiger partial charge on any atom is -0.482 e. The maximum atomic E-state index is 11.7. The number of carbonyl (C=O) groups is 3. The van der Waals surface area contributed by atoms with Gasteiger partial charge in [-0.05, 0) is 48.4 Å². The zero-order valence-corrected chi connectivity index (χ0v) is 15.8. The highest BCUT2D eigenvalue weighted by atomic mass is 35.5. The first-order valence-electron chi connectivity index (χ1n) is 8.02. The molecule has 0 unspecified atom stereocenters. The molecule has 0 fully saturated rings. The molecule has 1 amide bonds. The number of amides is 1. The van der Waals surface area contributed by atoms with Crippen molar-refractivity contribution in [3.8, 4) is 5.75 Å². The smallest absolute Gasteiger partial charge is 0.344 e. The fourth-order valence-corrected chi connectivity index (χ4v) is 2.59. The van der Waals surface area contributed by atoms with Gasteiger partial charge in [0.05, 0.1) is 0 Å². The van der Waals surface area contributed by atoms with Crippen molar-refractivity contribution in [1.82, 2.24) is 5.32 Å². The number of nitrogens with one attached hydrogen (secondary N) is 1. The van der Waals surface area contributed by atoms with E-state index in [2.05, 4.69) is 5.32 Å². The average Bonchev–Trinajstić information content (AvgIpc) is 2.67. The van der Waals surface area contributed by atoms with Crippen molar-refractivity contribution in [2.45, 2.75) is 6.42 Å². The molecule has 0 saturated carbocycles. The maximum Gasteiger partial charge on any atom is 0.344 e. The van der Waals surface area contributed by atoms with Gasteiger partial charge in [-0.15, -0.1) is 0 Å². The molecule has 0 atom stereocenters. The van der Waals surface area contributed by atoms with Crippen molar-refractivity contribution >= 4 is 41.4 Å². The summed E-state index contributed by atoms with van der Waals surface area (Å²) in [6, 6.07) is 11.4. The second-order valence-corrected chi connectivity index (χ2v) is 6.32. The Morgan fingerprint density at radius 3 is 2.44 bits per heavy atom. The Bertz CT molecular complexity index is 808. The second-order valence-electron chi connectivity index (χ2n) is 5.47. The fraction of sp³-hybridized carbons (Fsp3) is 0.211. The molecule has 0 saturated heterocycles. The Labute approximate surface area is 166 Å². The van der Waals surface area contributed by atoms with E-state index in [-0.39, 0.29) is 6.61 Å². The molecule has 1 N–H and O–H groups in total. The number of benzene rings is 2. The molecule has 0 aliphatic rings. The van der Waals surface area contributed by atoms with Gasteiger partial charge < -0.3 is 14.8 Å². The average molecular weight is 410 g/mol. The molecular weight excluding hydrogens is 393 g/mol. The largest absolute Gasteiger partial charge is 0.482 e. The Hall–Kier alpha value is -2.57. The lowest BCUT2D eigenvalue weighted by Gasteiger charge is -2.09. The highest BCUT2D eigenvalue weighted by molar-refractivity contribution is 6.35. The molecule has 142 valence electrons. The monoisotopic (exact) mass is 409 g/mol. The molecule has 6 nitrogen and oxygen atoms in total. The first kappa shape index (κ1) is 20.7. The van der Waals surface area contributed by atoms with Crippen LogP contribution in [0.15, 0.2) is 42.5 Å². The summed E-state index contributed by atoms with van der Waals surface area (Å²) in [5.74, 6) is -0.684. The molecule has 0 aliphatic carbocycles. The fourth-order valence-electron chi connectivity index (χ4n) is 2.08. The van der Waals surface area contributed by atoms with Crippen molar-refractivity contribution in [2.24, 2.45) is 0 Å².